The van der Waals surface area contributed by atoms with E-state index in [4.69, 9.17) is 15.2 Å². The Morgan fingerprint density at radius 2 is 0.854 bits per heavy atom. The van der Waals surface area contributed by atoms with E-state index in [1.165, 1.54) is 173 Å². The lowest BCUT2D eigenvalue weighted by Crippen LogP contribution is -3.00. The Balaban J connectivity index is 0. The number of rotatable bonds is 39. The monoisotopic (exact) mass is 743 g/mol. The summed E-state index contributed by atoms with van der Waals surface area (Å²) in [6.45, 7) is 9.66. The van der Waals surface area contributed by atoms with Crippen LogP contribution in [0.4, 0.5) is 0 Å². The van der Waals surface area contributed by atoms with E-state index in [9.17, 15) is 0 Å². The quantitative estimate of drug-likeness (QED) is 0.0388. The number of hydrogen-bond acceptors (Lipinski definition) is 3. The van der Waals surface area contributed by atoms with Crippen molar-refractivity contribution in [3.63, 3.8) is 0 Å². The van der Waals surface area contributed by atoms with Gasteiger partial charge in [0.15, 0.2) is 0 Å². The van der Waals surface area contributed by atoms with Gasteiger partial charge in [0.2, 0.25) is 0 Å². The van der Waals surface area contributed by atoms with Crippen molar-refractivity contribution >= 4 is 0 Å². The molecule has 0 rings (SSSR count). The number of quaternary nitrogens is 1. The fraction of sp³-hybridized carbons (Fsp3) is 0.907. The number of nitrogens with zero attached hydrogens (tertiary/aromatic N) is 1. The van der Waals surface area contributed by atoms with Crippen LogP contribution < -0.4 is 22.7 Å². The summed E-state index contributed by atoms with van der Waals surface area (Å²) in [6.07, 6.45) is 47.3. The minimum absolute atomic E-state index is 0. The van der Waals surface area contributed by atoms with Crippen molar-refractivity contribution in [3.05, 3.63) is 24.3 Å². The van der Waals surface area contributed by atoms with Gasteiger partial charge in [-0.15, -0.1) is 0 Å². The van der Waals surface area contributed by atoms with E-state index < -0.39 is 0 Å². The number of halogens is 1. The van der Waals surface area contributed by atoms with Gasteiger partial charge in [0.05, 0.1) is 27.2 Å². The largest absolute Gasteiger partial charge is 1.00 e. The maximum Gasteiger partial charge on any atom is 0.130 e. The highest BCUT2D eigenvalue weighted by molar-refractivity contribution is 4.82. The summed E-state index contributed by atoms with van der Waals surface area (Å²) >= 11 is 0. The van der Waals surface area contributed by atoms with Crippen molar-refractivity contribution in [1.82, 2.24) is 0 Å². The van der Waals surface area contributed by atoms with E-state index in [2.05, 4.69) is 52.2 Å². The van der Waals surface area contributed by atoms with E-state index >= 15 is 0 Å². The molecule has 5 heteroatoms. The zero-order valence-corrected chi connectivity index (χ0v) is 34.7. The second-order valence-corrected chi connectivity index (χ2v) is 15.1. The third-order valence-corrected chi connectivity index (χ3v) is 9.55. The van der Waals surface area contributed by atoms with Crippen LogP contribution in [-0.2, 0) is 9.47 Å². The highest BCUT2D eigenvalue weighted by Crippen LogP contribution is 2.13. The Kier molecular flexibility index (Phi) is 42.9. The molecule has 0 spiro atoms. The topological polar surface area (TPSA) is 44.5 Å². The first-order valence-corrected chi connectivity index (χ1v) is 21.1. The summed E-state index contributed by atoms with van der Waals surface area (Å²) in [4.78, 5) is 0. The molecule has 0 aliphatic rings. The predicted octanol–water partition coefficient (Wildman–Crippen LogP) is 9.50. The van der Waals surface area contributed by atoms with Gasteiger partial charge in [0.1, 0.15) is 12.6 Å². The molecule has 0 aromatic carbocycles. The van der Waals surface area contributed by atoms with Gasteiger partial charge in [-0.2, -0.15) is 0 Å². The number of unbranched alkanes of at least 4 members (excludes halogenated alkanes) is 24. The molecule has 0 aromatic rings. The second-order valence-electron chi connectivity index (χ2n) is 15.1. The molecule has 288 valence electrons. The molecule has 0 aromatic heterocycles. The molecule has 4 nitrogen and oxygen atoms in total. The summed E-state index contributed by atoms with van der Waals surface area (Å²) in [5, 5.41) is 0. The number of ether oxygens (including phenoxy) is 2. The Labute approximate surface area is 313 Å². The van der Waals surface area contributed by atoms with E-state index in [1.807, 2.05) is 0 Å². The molecular formula is C43H87BrN2O2. The van der Waals surface area contributed by atoms with Gasteiger partial charge in [-0.3, -0.25) is 0 Å². The molecule has 48 heavy (non-hydrogen) atoms. The Morgan fingerprint density at radius 1 is 0.500 bits per heavy atom. The third kappa shape index (κ3) is 40.2. The van der Waals surface area contributed by atoms with Crippen LogP contribution in [0.2, 0.25) is 0 Å². The lowest BCUT2D eigenvalue weighted by atomic mass is 10.1. The molecule has 0 radical (unpaired) electrons. The summed E-state index contributed by atoms with van der Waals surface area (Å²) < 4.78 is 13.4. The summed E-state index contributed by atoms with van der Waals surface area (Å²) in [7, 11) is 4.52. The molecular weight excluding hydrogens is 656 g/mol. The maximum absolute atomic E-state index is 6.38. The van der Waals surface area contributed by atoms with Gasteiger partial charge in [0, 0.05) is 19.8 Å². The van der Waals surface area contributed by atoms with Crippen LogP contribution in [0.25, 0.3) is 0 Å². The molecule has 0 saturated heterocycles. The van der Waals surface area contributed by atoms with Crippen LogP contribution >= 0.6 is 0 Å². The predicted molar refractivity (Wildman–Crippen MR) is 210 cm³/mol. The minimum Gasteiger partial charge on any atom is -1.00 e. The lowest BCUT2D eigenvalue weighted by molar-refractivity contribution is -0.892. The van der Waals surface area contributed by atoms with Crippen LogP contribution in [0.1, 0.15) is 194 Å². The minimum atomic E-state index is 0. The van der Waals surface area contributed by atoms with Gasteiger partial charge in [-0.25, -0.2) is 0 Å². The molecule has 2 N–H and O–H groups in total. The van der Waals surface area contributed by atoms with Crippen LogP contribution in [0.3, 0.4) is 0 Å². The van der Waals surface area contributed by atoms with Crippen LogP contribution in [0.15, 0.2) is 24.3 Å². The molecule has 0 amide bonds. The van der Waals surface area contributed by atoms with Crippen molar-refractivity contribution < 1.29 is 30.9 Å². The second kappa shape index (κ2) is 41.2. The first kappa shape index (κ1) is 49.9. The fourth-order valence-electron chi connectivity index (χ4n) is 6.41. The average Bonchev–Trinajstić information content (AvgIpc) is 3.05. The molecule has 1 unspecified atom stereocenters. The van der Waals surface area contributed by atoms with E-state index in [0.717, 1.165) is 37.2 Å². The zero-order valence-electron chi connectivity index (χ0n) is 33.1. The number of nitrogens with two attached hydrogens (primary N) is 1. The van der Waals surface area contributed by atoms with Gasteiger partial charge in [-0.05, 0) is 64.2 Å². The first-order valence-electron chi connectivity index (χ1n) is 21.1. The van der Waals surface area contributed by atoms with Crippen molar-refractivity contribution in [3.8, 4) is 0 Å². The third-order valence-electron chi connectivity index (χ3n) is 9.55. The van der Waals surface area contributed by atoms with Crippen LogP contribution in [0.5, 0.6) is 0 Å². The summed E-state index contributed by atoms with van der Waals surface area (Å²) in [5.74, 6) is 0. The SMILES string of the molecule is CCCCCCCCC=CCCCCCCCCOCC(C[N+](C)(C)CCN)OCCCCCCCCC=CCCCCCCCC.[Br-]. The molecule has 0 saturated carbocycles. The van der Waals surface area contributed by atoms with Gasteiger partial charge in [0.25, 0.3) is 0 Å². The van der Waals surface area contributed by atoms with Crippen LogP contribution in [-0.4, -0.2) is 64.1 Å². The van der Waals surface area contributed by atoms with Crippen molar-refractivity contribution in [1.29, 1.82) is 0 Å². The van der Waals surface area contributed by atoms with Crippen molar-refractivity contribution in [2.45, 2.75) is 200 Å². The average molecular weight is 744 g/mol. The molecule has 0 heterocycles. The highest BCUT2D eigenvalue weighted by atomic mass is 79.9. The number of allylic oxidation sites excluding steroid dienone is 4. The zero-order chi connectivity index (χ0) is 34.4. The molecule has 0 bridgehead atoms. The number of hydrogen-bond donors (Lipinski definition) is 1. The Hall–Kier alpha value is -0.200. The molecule has 0 aliphatic heterocycles. The van der Waals surface area contributed by atoms with Gasteiger partial charge >= 0.3 is 0 Å². The van der Waals surface area contributed by atoms with Gasteiger partial charge < -0.3 is 36.7 Å². The van der Waals surface area contributed by atoms with E-state index in [0.29, 0.717) is 13.2 Å². The first-order chi connectivity index (χ1) is 23.1. The smallest absolute Gasteiger partial charge is 0.130 e. The lowest BCUT2D eigenvalue weighted by Gasteiger charge is -2.33. The number of likely N-dealkylation sites (N-methyl/N-ethyl adjacent to an activating group) is 1. The Bertz CT molecular complexity index is 655. The normalized spacial score (nSPS) is 12.8. The molecule has 0 fully saturated rings. The van der Waals surface area contributed by atoms with Crippen molar-refractivity contribution in [2.24, 2.45) is 5.73 Å². The van der Waals surface area contributed by atoms with Gasteiger partial charge in [-0.1, -0.05) is 154 Å². The molecule has 0 aliphatic carbocycles. The van der Waals surface area contributed by atoms with Crippen molar-refractivity contribution in [2.75, 3.05) is 53.6 Å². The van der Waals surface area contributed by atoms with Crippen LogP contribution in [0, 0.1) is 0 Å². The standard InChI is InChI=1S/C43H87N2O2.BrH/c1-5-7-9-11-13-15-17-19-21-23-25-27-29-31-33-35-39-46-42-43(41-45(3,4)38-37-44)47-40-36-34-32-30-28-26-24-22-20-18-16-14-12-10-8-6-2;/h19-22,43H,5-18,23-42,44H2,1-4H3;1H/q+1;/p-1. The maximum atomic E-state index is 6.38. The molecule has 1 atom stereocenters. The van der Waals surface area contributed by atoms with E-state index in [-0.39, 0.29) is 23.1 Å². The summed E-state index contributed by atoms with van der Waals surface area (Å²) in [5.41, 5.74) is 5.89. The fourth-order valence-corrected chi connectivity index (χ4v) is 6.41. The Morgan fingerprint density at radius 3 is 1.25 bits per heavy atom. The summed E-state index contributed by atoms with van der Waals surface area (Å²) in [6, 6.07) is 0. The van der Waals surface area contributed by atoms with E-state index in [1.54, 1.807) is 0 Å². The highest BCUT2D eigenvalue weighted by Gasteiger charge is 2.22.